The quantitative estimate of drug-likeness (QED) is 0.908. The van der Waals surface area contributed by atoms with Gasteiger partial charge in [-0.2, -0.15) is 0 Å². The topological polar surface area (TPSA) is 29.3 Å². The van der Waals surface area contributed by atoms with E-state index in [1.165, 1.54) is 62.7 Å². The van der Waals surface area contributed by atoms with E-state index in [9.17, 15) is 0 Å². The fourth-order valence-electron chi connectivity index (χ4n) is 4.38. The molecule has 2 heteroatoms. The van der Waals surface area contributed by atoms with Crippen LogP contribution in [0.2, 0.25) is 0 Å². The average molecular weight is 272 g/mol. The predicted molar refractivity (Wildman–Crippen MR) is 86.1 cm³/mol. The van der Waals surface area contributed by atoms with Crippen LogP contribution in [0, 0.1) is 5.92 Å². The van der Waals surface area contributed by atoms with E-state index in [0.717, 1.165) is 12.5 Å². The number of rotatable bonds is 3. The molecule has 110 valence electrons. The van der Waals surface area contributed by atoms with Crippen LogP contribution in [0.5, 0.6) is 0 Å². The standard InChI is InChI=1S/C18H28N2/c1-2-15-7-5-11-18(13-15,14-19)20-12-6-9-16-8-3-4-10-17(16)20/h3-4,8,10,15H,2,5-7,9,11-14,19H2,1H3. The lowest BCUT2D eigenvalue weighted by molar-refractivity contribution is 0.209. The van der Waals surface area contributed by atoms with E-state index in [0.29, 0.717) is 0 Å². The molecule has 0 amide bonds. The van der Waals surface area contributed by atoms with E-state index in [1.807, 2.05) is 0 Å². The van der Waals surface area contributed by atoms with Gasteiger partial charge in [0.05, 0.1) is 5.54 Å². The van der Waals surface area contributed by atoms with Gasteiger partial charge in [-0.15, -0.1) is 0 Å². The summed E-state index contributed by atoms with van der Waals surface area (Å²) in [6.07, 6.45) is 9.10. The molecule has 2 N–H and O–H groups in total. The largest absolute Gasteiger partial charge is 0.364 e. The zero-order chi connectivity index (χ0) is 14.0. The van der Waals surface area contributed by atoms with E-state index < -0.39 is 0 Å². The maximum atomic E-state index is 6.30. The van der Waals surface area contributed by atoms with Crippen LogP contribution in [-0.4, -0.2) is 18.6 Å². The van der Waals surface area contributed by atoms with Crippen molar-refractivity contribution in [1.82, 2.24) is 0 Å². The van der Waals surface area contributed by atoms with Crippen molar-refractivity contribution in [3.63, 3.8) is 0 Å². The third-order valence-electron chi connectivity index (χ3n) is 5.56. The maximum Gasteiger partial charge on any atom is 0.0526 e. The molecular formula is C18H28N2. The summed E-state index contributed by atoms with van der Waals surface area (Å²) in [5.41, 5.74) is 9.50. The molecule has 1 heterocycles. The molecule has 20 heavy (non-hydrogen) atoms. The number of hydrogen-bond donors (Lipinski definition) is 1. The van der Waals surface area contributed by atoms with E-state index in [4.69, 9.17) is 5.73 Å². The Hall–Kier alpha value is -1.02. The third kappa shape index (κ3) is 2.35. The van der Waals surface area contributed by atoms with E-state index in [2.05, 4.69) is 36.1 Å². The molecule has 1 aliphatic carbocycles. The number of aryl methyl sites for hydroxylation is 1. The zero-order valence-electron chi connectivity index (χ0n) is 12.8. The first-order valence-corrected chi connectivity index (χ1v) is 8.35. The second-order valence-corrected chi connectivity index (χ2v) is 6.68. The van der Waals surface area contributed by atoms with Crippen LogP contribution in [0.15, 0.2) is 24.3 Å². The summed E-state index contributed by atoms with van der Waals surface area (Å²) in [7, 11) is 0. The molecule has 0 spiro atoms. The van der Waals surface area contributed by atoms with Crippen molar-refractivity contribution in [3.8, 4) is 0 Å². The molecule has 2 nitrogen and oxygen atoms in total. The average Bonchev–Trinajstić information content (AvgIpc) is 2.54. The molecule has 0 saturated heterocycles. The van der Waals surface area contributed by atoms with Gasteiger partial charge in [0, 0.05) is 18.8 Å². The summed E-state index contributed by atoms with van der Waals surface area (Å²) in [5.74, 6) is 0.862. The van der Waals surface area contributed by atoms with Crippen LogP contribution < -0.4 is 10.6 Å². The monoisotopic (exact) mass is 272 g/mol. The minimum atomic E-state index is 0.218. The number of benzene rings is 1. The Balaban J connectivity index is 1.94. The molecule has 0 bridgehead atoms. The Morgan fingerprint density at radius 2 is 2.15 bits per heavy atom. The lowest BCUT2D eigenvalue weighted by Gasteiger charge is -2.51. The number of hydrogen-bond acceptors (Lipinski definition) is 2. The summed E-state index contributed by atoms with van der Waals surface area (Å²) in [4.78, 5) is 2.67. The maximum absolute atomic E-state index is 6.30. The van der Waals surface area contributed by atoms with Gasteiger partial charge in [-0.3, -0.25) is 0 Å². The van der Waals surface area contributed by atoms with Crippen molar-refractivity contribution in [2.24, 2.45) is 11.7 Å². The Morgan fingerprint density at radius 1 is 1.30 bits per heavy atom. The van der Waals surface area contributed by atoms with Gasteiger partial charge in [0.2, 0.25) is 0 Å². The van der Waals surface area contributed by atoms with Crippen molar-refractivity contribution in [2.75, 3.05) is 18.0 Å². The number of para-hydroxylation sites is 1. The van der Waals surface area contributed by atoms with Crippen molar-refractivity contribution >= 4 is 5.69 Å². The number of nitrogens with zero attached hydrogens (tertiary/aromatic N) is 1. The number of anilines is 1. The first kappa shape index (κ1) is 13.9. The lowest BCUT2D eigenvalue weighted by Crippen LogP contribution is -2.58. The fourth-order valence-corrected chi connectivity index (χ4v) is 4.38. The molecule has 1 saturated carbocycles. The van der Waals surface area contributed by atoms with Crippen molar-refractivity contribution in [2.45, 2.75) is 57.4 Å². The van der Waals surface area contributed by atoms with Gasteiger partial charge in [0.25, 0.3) is 0 Å². The highest BCUT2D eigenvalue weighted by molar-refractivity contribution is 5.57. The molecule has 1 aromatic carbocycles. The summed E-state index contributed by atoms with van der Waals surface area (Å²) in [6.45, 7) is 4.32. The molecule has 0 aromatic heterocycles. The zero-order valence-corrected chi connectivity index (χ0v) is 12.8. The van der Waals surface area contributed by atoms with E-state index in [-0.39, 0.29) is 5.54 Å². The number of nitrogens with two attached hydrogens (primary N) is 1. The Bertz CT molecular complexity index is 456. The van der Waals surface area contributed by atoms with Gasteiger partial charge in [-0.1, -0.05) is 44.4 Å². The van der Waals surface area contributed by atoms with Gasteiger partial charge in [0.15, 0.2) is 0 Å². The molecular weight excluding hydrogens is 244 g/mol. The Labute approximate surface area is 123 Å². The van der Waals surface area contributed by atoms with Gasteiger partial charge in [-0.05, 0) is 43.2 Å². The Kier molecular flexibility index (Phi) is 4.02. The van der Waals surface area contributed by atoms with Crippen LogP contribution in [0.3, 0.4) is 0 Å². The lowest BCUT2D eigenvalue weighted by atomic mass is 9.72. The van der Waals surface area contributed by atoms with Gasteiger partial charge in [0.1, 0.15) is 0 Å². The first-order valence-electron chi connectivity index (χ1n) is 8.35. The first-order chi connectivity index (χ1) is 9.79. The summed E-state index contributed by atoms with van der Waals surface area (Å²) in [5, 5.41) is 0. The van der Waals surface area contributed by atoms with Crippen molar-refractivity contribution in [1.29, 1.82) is 0 Å². The van der Waals surface area contributed by atoms with Gasteiger partial charge in [-0.25, -0.2) is 0 Å². The molecule has 2 aliphatic rings. The summed E-state index contributed by atoms with van der Waals surface area (Å²) in [6, 6.07) is 8.96. The van der Waals surface area contributed by atoms with Crippen molar-refractivity contribution < 1.29 is 0 Å². The molecule has 2 atom stereocenters. The minimum Gasteiger partial charge on any atom is -0.364 e. The SMILES string of the molecule is CCC1CCCC(CN)(N2CCCc3ccccc32)C1. The van der Waals surface area contributed by atoms with E-state index in [1.54, 1.807) is 0 Å². The van der Waals surface area contributed by atoms with Crippen LogP contribution in [-0.2, 0) is 6.42 Å². The normalized spacial score (nSPS) is 30.1. The second-order valence-electron chi connectivity index (χ2n) is 6.68. The summed E-state index contributed by atoms with van der Waals surface area (Å²) < 4.78 is 0. The smallest absolute Gasteiger partial charge is 0.0526 e. The highest BCUT2D eigenvalue weighted by Crippen LogP contribution is 2.42. The van der Waals surface area contributed by atoms with E-state index >= 15 is 0 Å². The van der Waals surface area contributed by atoms with Crippen LogP contribution in [0.4, 0.5) is 5.69 Å². The molecule has 1 fully saturated rings. The van der Waals surface area contributed by atoms with Crippen LogP contribution in [0.25, 0.3) is 0 Å². The molecule has 0 radical (unpaired) electrons. The fraction of sp³-hybridized carbons (Fsp3) is 0.667. The number of fused-ring (bicyclic) bond motifs is 1. The predicted octanol–water partition coefficient (Wildman–Crippen LogP) is 3.74. The highest BCUT2D eigenvalue weighted by Gasteiger charge is 2.41. The van der Waals surface area contributed by atoms with Gasteiger partial charge < -0.3 is 10.6 Å². The molecule has 1 aliphatic heterocycles. The third-order valence-corrected chi connectivity index (χ3v) is 5.56. The van der Waals surface area contributed by atoms with Crippen molar-refractivity contribution in [3.05, 3.63) is 29.8 Å². The van der Waals surface area contributed by atoms with Crippen LogP contribution in [0.1, 0.15) is 51.0 Å². The van der Waals surface area contributed by atoms with Crippen LogP contribution >= 0.6 is 0 Å². The second kappa shape index (κ2) is 5.77. The Morgan fingerprint density at radius 3 is 2.95 bits per heavy atom. The summed E-state index contributed by atoms with van der Waals surface area (Å²) >= 11 is 0. The molecule has 2 unspecified atom stereocenters. The van der Waals surface area contributed by atoms with Gasteiger partial charge >= 0.3 is 0 Å². The minimum absolute atomic E-state index is 0.218. The molecule has 3 rings (SSSR count). The molecule has 1 aromatic rings. The highest BCUT2D eigenvalue weighted by atomic mass is 15.2.